The molecule has 12 nitrogen and oxygen atoms in total. The molecule has 0 aromatic carbocycles. The normalized spacial score (nSPS) is 22.8. The smallest absolute Gasteiger partial charge is 0.306 e. The van der Waals surface area contributed by atoms with Crippen LogP contribution in [0.25, 0.3) is 0 Å². The lowest BCUT2D eigenvalue weighted by Gasteiger charge is -2.44. The molecule has 2 N–H and O–H groups in total. The molecule has 41 heavy (non-hydrogen) atoms. The van der Waals surface area contributed by atoms with E-state index in [0.717, 1.165) is 65.2 Å². The number of ether oxygens (including phenoxy) is 5. The maximum atomic E-state index is 12.8. The van der Waals surface area contributed by atoms with Crippen molar-refractivity contribution >= 4 is 29.7 Å². The van der Waals surface area contributed by atoms with Gasteiger partial charge in [0, 0.05) is 33.6 Å². The van der Waals surface area contributed by atoms with Gasteiger partial charge in [-0.1, -0.05) is 51.4 Å². The first-order valence-corrected chi connectivity index (χ1v) is 14.6. The summed E-state index contributed by atoms with van der Waals surface area (Å²) < 4.78 is 27.5. The number of esters is 4. The van der Waals surface area contributed by atoms with Gasteiger partial charge in [-0.15, -0.1) is 0 Å². The summed E-state index contributed by atoms with van der Waals surface area (Å²) in [5, 5.41) is 18.2. The number of hydrogen-bond donors (Lipinski definition) is 2. The minimum absolute atomic E-state index is 0.103. The summed E-state index contributed by atoms with van der Waals surface area (Å²) in [4.78, 5) is 60.0. The summed E-state index contributed by atoms with van der Waals surface area (Å²) in [5.41, 5.74) is 0. The summed E-state index contributed by atoms with van der Waals surface area (Å²) in [5.74, 6) is -2.86. The van der Waals surface area contributed by atoms with Crippen LogP contribution in [0.3, 0.4) is 0 Å². The van der Waals surface area contributed by atoms with Crippen molar-refractivity contribution in [2.24, 2.45) is 0 Å². The molecule has 1 aliphatic rings. The van der Waals surface area contributed by atoms with Crippen molar-refractivity contribution in [3.63, 3.8) is 0 Å². The fourth-order valence-electron chi connectivity index (χ4n) is 4.76. The summed E-state index contributed by atoms with van der Waals surface area (Å²) in [6, 6.07) is 0. The van der Waals surface area contributed by atoms with Crippen LogP contribution in [0.1, 0.15) is 105 Å². The van der Waals surface area contributed by atoms with Gasteiger partial charge in [-0.25, -0.2) is 0 Å². The average molecular weight is 589 g/mol. The molecule has 3 unspecified atom stereocenters. The Morgan fingerprint density at radius 3 is 1.71 bits per heavy atom. The second-order valence-corrected chi connectivity index (χ2v) is 10.6. The van der Waals surface area contributed by atoms with E-state index in [2.05, 4.69) is 0 Å². The van der Waals surface area contributed by atoms with E-state index in [1.165, 1.54) is 13.8 Å². The third kappa shape index (κ3) is 15.9. The van der Waals surface area contributed by atoms with Crippen molar-refractivity contribution in [3.8, 4) is 0 Å². The van der Waals surface area contributed by atoms with Gasteiger partial charge in [0.1, 0.15) is 24.6 Å². The molecule has 1 rings (SSSR count). The van der Waals surface area contributed by atoms with Gasteiger partial charge >= 0.3 is 23.9 Å². The van der Waals surface area contributed by atoms with Crippen LogP contribution in [0.5, 0.6) is 0 Å². The Balaban J connectivity index is 2.70. The quantitative estimate of drug-likeness (QED) is 0.121. The molecule has 1 fully saturated rings. The Labute approximate surface area is 242 Å². The van der Waals surface area contributed by atoms with Gasteiger partial charge in [0.2, 0.25) is 0 Å². The van der Waals surface area contributed by atoms with E-state index in [1.807, 2.05) is 0 Å². The van der Waals surface area contributed by atoms with E-state index >= 15 is 0 Å². The van der Waals surface area contributed by atoms with Crippen LogP contribution in [0.2, 0.25) is 0 Å². The zero-order valence-electron chi connectivity index (χ0n) is 24.8. The standard InChI is InChI=1S/C29H48O12/c1-19(31)16-24-27(38-21(3)33)29(39-22(4)34)28(25(40-24)18-37-20(2)32)41-26(36)15-13-11-9-7-5-6-8-10-12-14-23(35)17-30/h23-25,27-30,35H,5-18H2,1-4H3/t23?,24?,25-,27+,28?,29-/m1/s1. The Kier molecular flexibility index (Phi) is 18.1. The molecule has 1 saturated heterocycles. The molecular formula is C29H48O12. The van der Waals surface area contributed by atoms with E-state index in [0.29, 0.717) is 12.8 Å². The zero-order chi connectivity index (χ0) is 30.8. The third-order valence-corrected chi connectivity index (χ3v) is 6.67. The van der Waals surface area contributed by atoms with Crippen molar-refractivity contribution in [2.75, 3.05) is 13.2 Å². The van der Waals surface area contributed by atoms with Crippen molar-refractivity contribution in [3.05, 3.63) is 0 Å². The number of carbonyl (C=O) groups excluding carboxylic acids is 5. The highest BCUT2D eigenvalue weighted by Crippen LogP contribution is 2.31. The predicted molar refractivity (Wildman–Crippen MR) is 145 cm³/mol. The molecule has 0 amide bonds. The van der Waals surface area contributed by atoms with Gasteiger partial charge in [-0.2, -0.15) is 0 Å². The maximum absolute atomic E-state index is 12.8. The molecule has 1 aliphatic heterocycles. The molecule has 6 atom stereocenters. The minimum atomic E-state index is -1.27. The molecule has 0 aliphatic carbocycles. The SMILES string of the molecule is CC(=O)CC1O[C@H](COC(C)=O)C(OC(=O)CCCCCCCCCCCC(O)CO)[C@H](OC(C)=O)[C@H]1OC(C)=O. The molecule has 0 aromatic rings. The Morgan fingerprint density at radius 2 is 1.20 bits per heavy atom. The molecule has 0 spiro atoms. The lowest BCUT2D eigenvalue weighted by atomic mass is 9.91. The number of rotatable bonds is 20. The third-order valence-electron chi connectivity index (χ3n) is 6.67. The number of unbranched alkanes of at least 4 members (excludes halogenated alkanes) is 8. The second-order valence-electron chi connectivity index (χ2n) is 10.6. The first kappa shape index (κ1) is 36.5. The number of aliphatic hydroxyl groups is 2. The fraction of sp³-hybridized carbons (Fsp3) is 0.828. The van der Waals surface area contributed by atoms with E-state index in [9.17, 15) is 29.1 Å². The largest absolute Gasteiger partial charge is 0.463 e. The van der Waals surface area contributed by atoms with Gasteiger partial charge in [-0.05, 0) is 19.8 Å². The van der Waals surface area contributed by atoms with Crippen molar-refractivity contribution in [2.45, 2.75) is 141 Å². The average Bonchev–Trinajstić information content (AvgIpc) is 2.88. The summed E-state index contributed by atoms with van der Waals surface area (Å²) >= 11 is 0. The van der Waals surface area contributed by atoms with Crippen LogP contribution in [0.4, 0.5) is 0 Å². The minimum Gasteiger partial charge on any atom is -0.463 e. The highest BCUT2D eigenvalue weighted by Gasteiger charge is 2.52. The molecule has 0 radical (unpaired) electrons. The second kappa shape index (κ2) is 20.3. The molecule has 0 bridgehead atoms. The Morgan fingerprint density at radius 1 is 0.683 bits per heavy atom. The first-order chi connectivity index (χ1) is 19.4. The molecule has 1 heterocycles. The highest BCUT2D eigenvalue weighted by atomic mass is 16.7. The van der Waals surface area contributed by atoms with Crippen LogP contribution in [0.15, 0.2) is 0 Å². The highest BCUT2D eigenvalue weighted by molar-refractivity contribution is 5.76. The Bertz CT molecular complexity index is 829. The van der Waals surface area contributed by atoms with Crippen LogP contribution in [-0.4, -0.2) is 89.7 Å². The zero-order valence-corrected chi connectivity index (χ0v) is 24.8. The van der Waals surface area contributed by atoms with E-state index in [4.69, 9.17) is 28.8 Å². The molecule has 12 heteroatoms. The van der Waals surface area contributed by atoms with Crippen LogP contribution in [-0.2, 0) is 47.7 Å². The molecular weight excluding hydrogens is 540 g/mol. The summed E-state index contributed by atoms with van der Waals surface area (Å²) in [6.45, 7) is 4.32. The topological polar surface area (TPSA) is 172 Å². The van der Waals surface area contributed by atoms with Gasteiger partial charge in [-0.3, -0.25) is 24.0 Å². The molecule has 236 valence electrons. The fourth-order valence-corrected chi connectivity index (χ4v) is 4.76. The van der Waals surface area contributed by atoms with Crippen molar-refractivity contribution in [1.29, 1.82) is 0 Å². The van der Waals surface area contributed by atoms with Gasteiger partial charge in [0.25, 0.3) is 0 Å². The van der Waals surface area contributed by atoms with Gasteiger partial charge in [0.15, 0.2) is 18.3 Å². The van der Waals surface area contributed by atoms with Crippen LogP contribution in [0, 0.1) is 0 Å². The Hall–Kier alpha value is -2.57. The number of hydrogen-bond acceptors (Lipinski definition) is 12. The van der Waals surface area contributed by atoms with Crippen molar-refractivity contribution in [1.82, 2.24) is 0 Å². The maximum Gasteiger partial charge on any atom is 0.306 e. The lowest BCUT2D eigenvalue weighted by Crippen LogP contribution is -2.62. The van der Waals surface area contributed by atoms with Crippen LogP contribution < -0.4 is 0 Å². The lowest BCUT2D eigenvalue weighted by molar-refractivity contribution is -0.253. The summed E-state index contributed by atoms with van der Waals surface area (Å²) in [6.07, 6.45) is 2.69. The van der Waals surface area contributed by atoms with E-state index in [1.54, 1.807) is 0 Å². The van der Waals surface area contributed by atoms with Crippen molar-refractivity contribution < 1.29 is 57.9 Å². The monoisotopic (exact) mass is 588 g/mol. The number of Topliss-reactive ketones (excluding diaryl/α,β-unsaturated/α-hetero) is 1. The molecule has 0 saturated carbocycles. The van der Waals surface area contributed by atoms with Crippen LogP contribution >= 0.6 is 0 Å². The number of aliphatic hydroxyl groups excluding tert-OH is 2. The number of carbonyl (C=O) groups is 5. The number of ketones is 1. The first-order valence-electron chi connectivity index (χ1n) is 14.6. The van der Waals surface area contributed by atoms with E-state index in [-0.39, 0.29) is 31.8 Å². The summed E-state index contributed by atoms with van der Waals surface area (Å²) in [7, 11) is 0. The van der Waals surface area contributed by atoms with Gasteiger partial charge in [0.05, 0.1) is 12.7 Å². The molecule has 0 aromatic heterocycles. The van der Waals surface area contributed by atoms with Gasteiger partial charge < -0.3 is 33.9 Å². The van der Waals surface area contributed by atoms with E-state index < -0.39 is 60.5 Å². The predicted octanol–water partition coefficient (Wildman–Crippen LogP) is 2.72.